The van der Waals surface area contributed by atoms with Crippen molar-refractivity contribution in [2.75, 3.05) is 19.8 Å². The Labute approximate surface area is 134 Å². The van der Waals surface area contributed by atoms with Gasteiger partial charge in [0.2, 0.25) is 0 Å². The summed E-state index contributed by atoms with van der Waals surface area (Å²) in [6, 6.07) is 3.30. The Bertz CT molecular complexity index is 531. The average Bonchev–Trinajstić information content (AvgIpc) is 3.35. The topological polar surface area (TPSA) is 31.0 Å². The summed E-state index contributed by atoms with van der Waals surface area (Å²) >= 11 is 0. The standard InChI is InChI=1S/C15H16F6O3/c1-9(22-7-12-8-24-12)6-23-11-4-2-10(3-5-11)14(18,19)15(20,21)13(16)17/h2-5,9,12-13H,6-8H2,1H3. The van der Waals surface area contributed by atoms with Gasteiger partial charge in [-0.25, -0.2) is 8.78 Å². The number of rotatable bonds is 9. The van der Waals surface area contributed by atoms with Crippen LogP contribution < -0.4 is 4.74 Å². The Balaban J connectivity index is 1.92. The molecule has 2 atom stereocenters. The van der Waals surface area contributed by atoms with Crippen LogP contribution in [0.4, 0.5) is 26.3 Å². The molecule has 0 aliphatic carbocycles. The number of alkyl halides is 6. The van der Waals surface area contributed by atoms with E-state index in [-0.39, 0.29) is 24.6 Å². The van der Waals surface area contributed by atoms with Gasteiger partial charge in [0, 0.05) is 5.56 Å². The molecule has 0 N–H and O–H groups in total. The number of benzene rings is 1. The van der Waals surface area contributed by atoms with Gasteiger partial charge in [-0.2, -0.15) is 17.6 Å². The minimum Gasteiger partial charge on any atom is -0.491 e. The Kier molecular flexibility index (Phi) is 5.64. The lowest BCUT2D eigenvalue weighted by Crippen LogP contribution is -2.44. The van der Waals surface area contributed by atoms with Crippen LogP contribution in [0.2, 0.25) is 0 Å². The maximum absolute atomic E-state index is 13.5. The van der Waals surface area contributed by atoms with E-state index in [1.165, 1.54) is 0 Å². The van der Waals surface area contributed by atoms with Gasteiger partial charge in [-0.15, -0.1) is 0 Å². The Morgan fingerprint density at radius 1 is 1.17 bits per heavy atom. The Morgan fingerprint density at radius 3 is 2.25 bits per heavy atom. The second-order valence-electron chi connectivity index (χ2n) is 5.43. The quantitative estimate of drug-likeness (QED) is 0.496. The summed E-state index contributed by atoms with van der Waals surface area (Å²) in [5.74, 6) is -10.3. The molecule has 9 heteroatoms. The maximum atomic E-state index is 13.5. The number of halogens is 6. The summed E-state index contributed by atoms with van der Waals surface area (Å²) in [4.78, 5) is 0. The normalized spacial score (nSPS) is 19.4. The predicted octanol–water partition coefficient (Wildman–Crippen LogP) is 3.86. The average molecular weight is 358 g/mol. The van der Waals surface area contributed by atoms with E-state index in [0.29, 0.717) is 25.3 Å². The molecule has 1 aromatic rings. The lowest BCUT2D eigenvalue weighted by Gasteiger charge is -2.26. The van der Waals surface area contributed by atoms with Crippen LogP contribution in [-0.4, -0.2) is 44.4 Å². The molecule has 1 aliphatic heterocycles. The van der Waals surface area contributed by atoms with Gasteiger partial charge in [0.15, 0.2) is 0 Å². The molecule has 1 aromatic carbocycles. The zero-order valence-electron chi connectivity index (χ0n) is 12.7. The third-order valence-corrected chi connectivity index (χ3v) is 3.36. The molecule has 0 spiro atoms. The van der Waals surface area contributed by atoms with Gasteiger partial charge in [-0.3, -0.25) is 0 Å². The molecule has 1 fully saturated rings. The van der Waals surface area contributed by atoms with Crippen LogP contribution in [0, 0.1) is 0 Å². The highest BCUT2D eigenvalue weighted by Gasteiger charge is 2.63. The minimum atomic E-state index is -5.46. The second kappa shape index (κ2) is 7.18. The van der Waals surface area contributed by atoms with E-state index in [9.17, 15) is 26.3 Å². The van der Waals surface area contributed by atoms with Crippen LogP contribution in [0.3, 0.4) is 0 Å². The van der Waals surface area contributed by atoms with Crippen LogP contribution >= 0.6 is 0 Å². The van der Waals surface area contributed by atoms with E-state index in [1.807, 2.05) is 0 Å². The first-order valence-corrected chi connectivity index (χ1v) is 7.15. The number of ether oxygens (including phenoxy) is 3. The Morgan fingerprint density at radius 2 is 1.75 bits per heavy atom. The number of hydrogen-bond donors (Lipinski definition) is 0. The van der Waals surface area contributed by atoms with Gasteiger partial charge in [0.05, 0.1) is 19.3 Å². The number of hydrogen-bond acceptors (Lipinski definition) is 3. The highest BCUT2D eigenvalue weighted by molar-refractivity contribution is 5.31. The summed E-state index contributed by atoms with van der Waals surface area (Å²) in [6.07, 6.45) is -4.68. The summed E-state index contributed by atoms with van der Waals surface area (Å²) < 4.78 is 92.8. The molecule has 0 aromatic heterocycles. The summed E-state index contributed by atoms with van der Waals surface area (Å²) in [5.41, 5.74) is -1.21. The van der Waals surface area contributed by atoms with Gasteiger partial charge < -0.3 is 14.2 Å². The van der Waals surface area contributed by atoms with Crippen LogP contribution in [0.15, 0.2) is 24.3 Å². The molecule has 3 nitrogen and oxygen atoms in total. The molecule has 0 amide bonds. The lowest BCUT2D eigenvalue weighted by atomic mass is 10.0. The monoisotopic (exact) mass is 358 g/mol. The smallest absolute Gasteiger partial charge is 0.373 e. The summed E-state index contributed by atoms with van der Waals surface area (Å²) in [5, 5.41) is 0. The van der Waals surface area contributed by atoms with E-state index in [1.54, 1.807) is 6.92 Å². The fourth-order valence-corrected chi connectivity index (χ4v) is 1.79. The van der Waals surface area contributed by atoms with Crippen LogP contribution in [0.5, 0.6) is 5.75 Å². The first-order valence-electron chi connectivity index (χ1n) is 7.15. The van der Waals surface area contributed by atoms with E-state index in [2.05, 4.69) is 0 Å². The van der Waals surface area contributed by atoms with Crippen molar-refractivity contribution >= 4 is 0 Å². The molecule has 136 valence electrons. The van der Waals surface area contributed by atoms with Crippen molar-refractivity contribution in [1.82, 2.24) is 0 Å². The van der Waals surface area contributed by atoms with E-state index < -0.39 is 23.8 Å². The minimum absolute atomic E-state index is 0.0884. The molecule has 1 heterocycles. The van der Waals surface area contributed by atoms with E-state index in [4.69, 9.17) is 14.2 Å². The molecular formula is C15H16F6O3. The van der Waals surface area contributed by atoms with Crippen LogP contribution in [0.25, 0.3) is 0 Å². The third kappa shape index (κ3) is 4.32. The number of epoxide rings is 1. The highest BCUT2D eigenvalue weighted by Crippen LogP contribution is 2.46. The van der Waals surface area contributed by atoms with Crippen molar-refractivity contribution in [3.63, 3.8) is 0 Å². The maximum Gasteiger partial charge on any atom is 0.373 e. The van der Waals surface area contributed by atoms with Gasteiger partial charge in [0.1, 0.15) is 18.5 Å². The predicted molar refractivity (Wildman–Crippen MR) is 71.9 cm³/mol. The van der Waals surface area contributed by atoms with Crippen molar-refractivity contribution in [2.24, 2.45) is 0 Å². The molecule has 1 saturated heterocycles. The fourth-order valence-electron chi connectivity index (χ4n) is 1.79. The Hall–Kier alpha value is -1.48. The first-order chi connectivity index (χ1) is 11.1. The highest BCUT2D eigenvalue weighted by atomic mass is 19.3. The zero-order valence-corrected chi connectivity index (χ0v) is 12.7. The SMILES string of the molecule is CC(COc1ccc(C(F)(F)C(F)(F)C(F)F)cc1)OCC1CO1. The molecule has 0 radical (unpaired) electrons. The first kappa shape index (κ1) is 18.9. The van der Waals surface area contributed by atoms with Crippen LogP contribution in [0.1, 0.15) is 12.5 Å². The fraction of sp³-hybridized carbons (Fsp3) is 0.600. The van der Waals surface area contributed by atoms with Crippen molar-refractivity contribution in [1.29, 1.82) is 0 Å². The van der Waals surface area contributed by atoms with Gasteiger partial charge in [0.25, 0.3) is 0 Å². The molecule has 0 bridgehead atoms. The van der Waals surface area contributed by atoms with Gasteiger partial charge >= 0.3 is 18.3 Å². The van der Waals surface area contributed by atoms with E-state index >= 15 is 0 Å². The van der Waals surface area contributed by atoms with E-state index in [0.717, 1.165) is 12.1 Å². The molecule has 1 aliphatic rings. The summed E-state index contributed by atoms with van der Waals surface area (Å²) in [6.45, 7) is 2.90. The van der Waals surface area contributed by atoms with Crippen molar-refractivity contribution in [2.45, 2.75) is 37.4 Å². The second-order valence-corrected chi connectivity index (χ2v) is 5.43. The molecule has 2 unspecified atom stereocenters. The van der Waals surface area contributed by atoms with Crippen molar-refractivity contribution < 1.29 is 40.6 Å². The third-order valence-electron chi connectivity index (χ3n) is 3.36. The molecule has 24 heavy (non-hydrogen) atoms. The van der Waals surface area contributed by atoms with Crippen molar-refractivity contribution in [3.8, 4) is 5.75 Å². The molecule has 0 saturated carbocycles. The molecular weight excluding hydrogens is 342 g/mol. The van der Waals surface area contributed by atoms with Gasteiger partial charge in [-0.1, -0.05) is 0 Å². The molecule has 2 rings (SSSR count). The zero-order chi connectivity index (χ0) is 18.0. The lowest BCUT2D eigenvalue weighted by molar-refractivity contribution is -0.270. The van der Waals surface area contributed by atoms with Crippen LogP contribution in [-0.2, 0) is 15.4 Å². The largest absolute Gasteiger partial charge is 0.491 e. The van der Waals surface area contributed by atoms with Gasteiger partial charge in [-0.05, 0) is 31.2 Å². The van der Waals surface area contributed by atoms with Crippen molar-refractivity contribution in [3.05, 3.63) is 29.8 Å². The summed E-state index contributed by atoms with van der Waals surface area (Å²) in [7, 11) is 0.